The molecule has 182 valence electrons. The first-order valence-electron chi connectivity index (χ1n) is 10.5. The molecule has 3 unspecified atom stereocenters. The molecular formula is C21H31N5O7. The van der Waals surface area contributed by atoms with Gasteiger partial charge < -0.3 is 37.6 Å². The molecule has 0 heterocycles. The van der Waals surface area contributed by atoms with E-state index < -0.39 is 60.8 Å². The van der Waals surface area contributed by atoms with Crippen molar-refractivity contribution in [1.29, 1.82) is 0 Å². The third-order valence-corrected chi connectivity index (χ3v) is 4.64. The van der Waals surface area contributed by atoms with Crippen molar-refractivity contribution in [3.05, 3.63) is 35.9 Å². The lowest BCUT2D eigenvalue weighted by atomic mass is 10.0. The fourth-order valence-electron chi connectivity index (χ4n) is 2.94. The summed E-state index contributed by atoms with van der Waals surface area (Å²) in [5.41, 5.74) is 11.8. The van der Waals surface area contributed by atoms with Gasteiger partial charge >= 0.3 is 11.9 Å². The molecule has 0 bridgehead atoms. The van der Waals surface area contributed by atoms with Crippen LogP contribution in [0.1, 0.15) is 31.2 Å². The topological polar surface area (TPSA) is 214 Å². The van der Waals surface area contributed by atoms with E-state index in [0.29, 0.717) is 19.4 Å². The van der Waals surface area contributed by atoms with E-state index in [1.54, 1.807) is 30.3 Å². The van der Waals surface area contributed by atoms with Crippen molar-refractivity contribution in [2.45, 2.75) is 50.2 Å². The van der Waals surface area contributed by atoms with Crippen LogP contribution in [0.4, 0.5) is 0 Å². The molecule has 33 heavy (non-hydrogen) atoms. The van der Waals surface area contributed by atoms with E-state index in [-0.39, 0.29) is 12.8 Å². The van der Waals surface area contributed by atoms with E-state index in [0.717, 1.165) is 5.56 Å². The SMILES string of the molecule is NCCCCC(NC(=O)C(N)CC(=O)O)C(=O)NC(Cc1ccccc1)C(=O)NCC(=O)O. The van der Waals surface area contributed by atoms with E-state index >= 15 is 0 Å². The van der Waals surface area contributed by atoms with Gasteiger partial charge in [-0.1, -0.05) is 30.3 Å². The summed E-state index contributed by atoms with van der Waals surface area (Å²) in [4.78, 5) is 59.4. The van der Waals surface area contributed by atoms with Gasteiger partial charge in [-0.25, -0.2) is 0 Å². The van der Waals surface area contributed by atoms with Crippen LogP contribution in [0.5, 0.6) is 0 Å². The molecule has 0 aliphatic heterocycles. The van der Waals surface area contributed by atoms with Gasteiger partial charge in [0.25, 0.3) is 0 Å². The fraction of sp³-hybridized carbons (Fsp3) is 0.476. The molecule has 0 aliphatic rings. The standard InChI is InChI=1S/C21H31N5O7/c22-9-5-4-8-15(25-19(31)14(23)11-17(27)28)21(33)26-16(20(32)24-12-18(29)30)10-13-6-2-1-3-7-13/h1-3,6-7,14-16H,4-5,8-12,22-23H2,(H,24,32)(H,25,31)(H,26,33)(H,27,28)(H,29,30). The van der Waals surface area contributed by atoms with E-state index in [2.05, 4.69) is 16.0 Å². The minimum Gasteiger partial charge on any atom is -0.481 e. The number of nitrogens with one attached hydrogen (secondary N) is 3. The quantitative estimate of drug-likeness (QED) is 0.147. The van der Waals surface area contributed by atoms with Gasteiger partial charge in [0.2, 0.25) is 17.7 Å². The molecule has 0 fully saturated rings. The highest BCUT2D eigenvalue weighted by Gasteiger charge is 2.28. The van der Waals surface area contributed by atoms with Crippen LogP contribution in [0, 0.1) is 0 Å². The number of hydrogen-bond donors (Lipinski definition) is 7. The third kappa shape index (κ3) is 11.1. The number of nitrogens with two attached hydrogens (primary N) is 2. The zero-order chi connectivity index (χ0) is 24.8. The number of rotatable bonds is 15. The van der Waals surface area contributed by atoms with Crippen LogP contribution < -0.4 is 27.4 Å². The molecule has 1 aromatic carbocycles. The Bertz CT molecular complexity index is 818. The summed E-state index contributed by atoms with van der Waals surface area (Å²) in [7, 11) is 0. The van der Waals surface area contributed by atoms with Crippen LogP contribution in [0.2, 0.25) is 0 Å². The largest absolute Gasteiger partial charge is 0.481 e. The summed E-state index contributed by atoms with van der Waals surface area (Å²) < 4.78 is 0. The van der Waals surface area contributed by atoms with Crippen LogP contribution in [0.25, 0.3) is 0 Å². The smallest absolute Gasteiger partial charge is 0.322 e. The molecular weight excluding hydrogens is 434 g/mol. The van der Waals surface area contributed by atoms with Crippen molar-refractivity contribution in [3.8, 4) is 0 Å². The molecule has 3 amide bonds. The van der Waals surface area contributed by atoms with Gasteiger partial charge in [0.15, 0.2) is 0 Å². The van der Waals surface area contributed by atoms with Crippen LogP contribution >= 0.6 is 0 Å². The normalized spacial score (nSPS) is 13.3. The maximum atomic E-state index is 13.0. The number of aliphatic carboxylic acids is 2. The van der Waals surface area contributed by atoms with Crippen molar-refractivity contribution in [2.75, 3.05) is 13.1 Å². The van der Waals surface area contributed by atoms with Gasteiger partial charge in [-0.3, -0.25) is 24.0 Å². The number of hydrogen-bond acceptors (Lipinski definition) is 7. The second-order valence-electron chi connectivity index (χ2n) is 7.41. The van der Waals surface area contributed by atoms with Crippen molar-refractivity contribution in [2.24, 2.45) is 11.5 Å². The molecule has 0 spiro atoms. The summed E-state index contributed by atoms with van der Waals surface area (Å²) >= 11 is 0. The second kappa shape index (κ2) is 14.5. The number of carbonyl (C=O) groups is 5. The van der Waals surface area contributed by atoms with Crippen molar-refractivity contribution < 1.29 is 34.2 Å². The average Bonchev–Trinajstić information content (AvgIpc) is 2.76. The summed E-state index contributed by atoms with van der Waals surface area (Å²) in [6, 6.07) is 5.22. The molecule has 0 aromatic heterocycles. The number of carboxylic acid groups (broad SMARTS) is 2. The van der Waals surface area contributed by atoms with E-state index in [9.17, 15) is 24.0 Å². The van der Waals surface area contributed by atoms with Crippen molar-refractivity contribution in [3.63, 3.8) is 0 Å². The van der Waals surface area contributed by atoms with Gasteiger partial charge in [-0.15, -0.1) is 0 Å². The van der Waals surface area contributed by atoms with Gasteiger partial charge in [0, 0.05) is 6.42 Å². The van der Waals surface area contributed by atoms with Crippen LogP contribution in [0.15, 0.2) is 30.3 Å². The molecule has 12 heteroatoms. The summed E-state index contributed by atoms with van der Waals surface area (Å²) in [6.45, 7) is -0.254. The molecule has 0 saturated heterocycles. The van der Waals surface area contributed by atoms with E-state index in [1.165, 1.54) is 0 Å². The maximum absolute atomic E-state index is 13.0. The van der Waals surface area contributed by atoms with Gasteiger partial charge in [-0.05, 0) is 31.4 Å². The first kappa shape index (κ1) is 27.5. The molecule has 1 rings (SSSR count). The number of carbonyl (C=O) groups excluding carboxylic acids is 3. The molecule has 3 atom stereocenters. The Morgan fingerprint density at radius 3 is 2.06 bits per heavy atom. The minimum absolute atomic E-state index is 0.0834. The number of benzene rings is 1. The predicted octanol–water partition coefficient (Wildman–Crippen LogP) is -1.67. The number of amides is 3. The summed E-state index contributed by atoms with van der Waals surface area (Å²) in [6.07, 6.45) is 0.714. The molecule has 0 radical (unpaired) electrons. The number of unbranched alkanes of at least 4 members (excludes halogenated alkanes) is 1. The van der Waals surface area contributed by atoms with Crippen molar-refractivity contribution in [1.82, 2.24) is 16.0 Å². The van der Waals surface area contributed by atoms with E-state index in [4.69, 9.17) is 21.7 Å². The monoisotopic (exact) mass is 465 g/mol. The highest BCUT2D eigenvalue weighted by atomic mass is 16.4. The van der Waals surface area contributed by atoms with Crippen LogP contribution in [0.3, 0.4) is 0 Å². The zero-order valence-corrected chi connectivity index (χ0v) is 18.2. The summed E-state index contributed by atoms with van der Waals surface area (Å²) in [5, 5.41) is 24.9. The van der Waals surface area contributed by atoms with Gasteiger partial charge in [-0.2, -0.15) is 0 Å². The van der Waals surface area contributed by atoms with Crippen molar-refractivity contribution >= 4 is 29.7 Å². The molecule has 1 aromatic rings. The Labute approximate surface area is 191 Å². The Hall–Kier alpha value is -3.51. The number of carboxylic acids is 2. The Morgan fingerprint density at radius 1 is 0.848 bits per heavy atom. The van der Waals surface area contributed by atoms with Gasteiger partial charge in [0.05, 0.1) is 12.5 Å². The first-order chi connectivity index (χ1) is 15.6. The highest BCUT2D eigenvalue weighted by molar-refractivity contribution is 5.94. The predicted molar refractivity (Wildman–Crippen MR) is 118 cm³/mol. The molecule has 9 N–H and O–H groups in total. The fourth-order valence-corrected chi connectivity index (χ4v) is 2.94. The second-order valence-corrected chi connectivity index (χ2v) is 7.41. The van der Waals surface area contributed by atoms with Crippen LogP contribution in [-0.4, -0.2) is 71.1 Å². The minimum atomic E-state index is -1.36. The van der Waals surface area contributed by atoms with Gasteiger partial charge in [0.1, 0.15) is 18.6 Å². The lowest BCUT2D eigenvalue weighted by molar-refractivity contribution is -0.139. The summed E-state index contributed by atoms with van der Waals surface area (Å²) in [5.74, 6) is -4.72. The van der Waals surface area contributed by atoms with E-state index in [1.807, 2.05) is 0 Å². The zero-order valence-electron chi connectivity index (χ0n) is 18.2. The molecule has 0 saturated carbocycles. The lowest BCUT2D eigenvalue weighted by Gasteiger charge is -2.24. The lowest BCUT2D eigenvalue weighted by Crippen LogP contribution is -2.56. The molecule has 12 nitrogen and oxygen atoms in total. The Morgan fingerprint density at radius 2 is 1.48 bits per heavy atom. The maximum Gasteiger partial charge on any atom is 0.322 e. The first-order valence-corrected chi connectivity index (χ1v) is 10.5. The average molecular weight is 466 g/mol. The Kier molecular flexibility index (Phi) is 12.1. The Balaban J connectivity index is 2.97. The highest BCUT2D eigenvalue weighted by Crippen LogP contribution is 2.07. The third-order valence-electron chi connectivity index (χ3n) is 4.64. The molecule has 0 aliphatic carbocycles. The van der Waals surface area contributed by atoms with Crippen LogP contribution in [-0.2, 0) is 30.4 Å².